The summed E-state index contributed by atoms with van der Waals surface area (Å²) < 4.78 is 28.7. The molecule has 0 bridgehead atoms. The molecule has 2 N–H and O–H groups in total. The number of anilines is 1. The first-order valence-corrected chi connectivity index (χ1v) is 7.97. The summed E-state index contributed by atoms with van der Waals surface area (Å²) in [5.74, 6) is -1.19. The second-order valence-electron chi connectivity index (χ2n) is 5.11. The number of nitrogens with zero attached hydrogens (tertiary/aromatic N) is 2. The van der Waals surface area contributed by atoms with Gasteiger partial charge in [0.1, 0.15) is 4.90 Å². The smallest absolute Gasteiger partial charge is 0.337 e. The van der Waals surface area contributed by atoms with Crippen molar-refractivity contribution in [1.82, 2.24) is 9.78 Å². The number of aromatic nitrogens is 2. The van der Waals surface area contributed by atoms with Crippen LogP contribution in [-0.4, -0.2) is 29.3 Å². The normalized spacial score (nSPS) is 11.5. The first-order valence-electron chi connectivity index (χ1n) is 6.49. The Morgan fingerprint density at radius 1 is 1.23 bits per heavy atom. The van der Waals surface area contributed by atoms with Crippen LogP contribution >= 0.6 is 0 Å². The standard InChI is InChI=1S/C14H17N3O4S/c1-8-5-11(14(18)19)12(6-9(8)2)16-22(20,21)13-7-15-17(4)10(13)3/h5-7,16H,1-4H3,(H,18,19). The number of aryl methyl sites for hydroxylation is 3. The van der Waals surface area contributed by atoms with Gasteiger partial charge in [-0.05, 0) is 44.0 Å². The molecule has 2 aromatic rings. The Kier molecular flexibility index (Phi) is 3.97. The van der Waals surface area contributed by atoms with Gasteiger partial charge in [-0.25, -0.2) is 13.2 Å². The fourth-order valence-electron chi connectivity index (χ4n) is 2.02. The topological polar surface area (TPSA) is 101 Å². The summed E-state index contributed by atoms with van der Waals surface area (Å²) in [6.07, 6.45) is 1.24. The lowest BCUT2D eigenvalue weighted by Crippen LogP contribution is -2.16. The zero-order valence-corrected chi connectivity index (χ0v) is 13.5. The van der Waals surface area contributed by atoms with Crippen LogP contribution in [0.15, 0.2) is 23.2 Å². The van der Waals surface area contributed by atoms with E-state index in [0.29, 0.717) is 5.69 Å². The molecule has 0 saturated carbocycles. The minimum atomic E-state index is -3.91. The maximum atomic E-state index is 12.4. The zero-order valence-electron chi connectivity index (χ0n) is 12.7. The lowest BCUT2D eigenvalue weighted by atomic mass is 10.0. The summed E-state index contributed by atoms with van der Waals surface area (Å²) in [6.45, 7) is 5.18. The molecule has 0 radical (unpaired) electrons. The number of nitrogens with one attached hydrogen (secondary N) is 1. The van der Waals surface area contributed by atoms with Gasteiger partial charge in [0.25, 0.3) is 10.0 Å². The summed E-state index contributed by atoms with van der Waals surface area (Å²) in [5, 5.41) is 13.2. The number of aromatic carboxylic acids is 1. The van der Waals surface area contributed by atoms with Crippen molar-refractivity contribution >= 4 is 21.7 Å². The van der Waals surface area contributed by atoms with Gasteiger partial charge in [0, 0.05) is 7.05 Å². The molecule has 1 aromatic carbocycles. The van der Waals surface area contributed by atoms with Gasteiger partial charge in [-0.15, -0.1) is 0 Å². The molecule has 0 aliphatic heterocycles. The minimum Gasteiger partial charge on any atom is -0.478 e. The number of benzene rings is 1. The molecular weight excluding hydrogens is 306 g/mol. The number of sulfonamides is 1. The molecular formula is C14H17N3O4S. The van der Waals surface area contributed by atoms with Crippen LogP contribution in [0.1, 0.15) is 27.2 Å². The van der Waals surface area contributed by atoms with Crippen molar-refractivity contribution in [2.75, 3.05) is 4.72 Å². The third-order valence-electron chi connectivity index (χ3n) is 3.59. The first-order chi connectivity index (χ1) is 10.1. The molecule has 0 aliphatic carbocycles. The number of carboxylic acids is 1. The summed E-state index contributed by atoms with van der Waals surface area (Å²) in [7, 11) is -2.27. The fourth-order valence-corrected chi connectivity index (χ4v) is 3.29. The third kappa shape index (κ3) is 2.82. The van der Waals surface area contributed by atoms with E-state index in [1.807, 2.05) is 0 Å². The third-order valence-corrected chi connectivity index (χ3v) is 5.06. The fraction of sp³-hybridized carbons (Fsp3) is 0.286. The molecule has 0 fully saturated rings. The highest BCUT2D eigenvalue weighted by molar-refractivity contribution is 7.92. The average molecular weight is 323 g/mol. The highest BCUT2D eigenvalue weighted by Crippen LogP contribution is 2.25. The van der Waals surface area contributed by atoms with E-state index >= 15 is 0 Å². The van der Waals surface area contributed by atoms with Crippen molar-refractivity contribution in [3.8, 4) is 0 Å². The molecule has 8 heteroatoms. The molecule has 0 unspecified atom stereocenters. The predicted molar refractivity (Wildman–Crippen MR) is 81.6 cm³/mol. The van der Waals surface area contributed by atoms with Crippen LogP contribution in [0.5, 0.6) is 0 Å². The number of rotatable bonds is 4. The van der Waals surface area contributed by atoms with Crippen molar-refractivity contribution in [2.45, 2.75) is 25.7 Å². The number of hydrogen-bond acceptors (Lipinski definition) is 4. The minimum absolute atomic E-state index is 0.0181. The quantitative estimate of drug-likeness (QED) is 0.894. The van der Waals surface area contributed by atoms with Gasteiger partial charge in [-0.2, -0.15) is 5.10 Å². The Hall–Kier alpha value is -2.35. The maximum Gasteiger partial charge on any atom is 0.337 e. The molecule has 0 atom stereocenters. The van der Waals surface area contributed by atoms with E-state index < -0.39 is 16.0 Å². The maximum absolute atomic E-state index is 12.4. The van der Waals surface area contributed by atoms with Crippen molar-refractivity contribution < 1.29 is 18.3 Å². The van der Waals surface area contributed by atoms with Gasteiger partial charge >= 0.3 is 5.97 Å². The van der Waals surface area contributed by atoms with Crippen LogP contribution in [0.25, 0.3) is 0 Å². The Morgan fingerprint density at radius 3 is 2.32 bits per heavy atom. The average Bonchev–Trinajstić information content (AvgIpc) is 2.74. The highest BCUT2D eigenvalue weighted by atomic mass is 32.2. The molecule has 118 valence electrons. The van der Waals surface area contributed by atoms with Crippen LogP contribution in [0.3, 0.4) is 0 Å². The van der Waals surface area contributed by atoms with Crippen LogP contribution in [-0.2, 0) is 17.1 Å². The van der Waals surface area contributed by atoms with Crippen molar-refractivity contribution in [3.05, 3.63) is 40.7 Å². The molecule has 0 spiro atoms. The molecule has 0 aliphatic rings. The van der Waals surface area contributed by atoms with E-state index in [1.165, 1.54) is 23.0 Å². The van der Waals surface area contributed by atoms with Crippen LogP contribution in [0.2, 0.25) is 0 Å². The molecule has 0 saturated heterocycles. The zero-order chi connectivity index (χ0) is 16.7. The van der Waals surface area contributed by atoms with Crippen molar-refractivity contribution in [1.29, 1.82) is 0 Å². The number of carbonyl (C=O) groups is 1. The molecule has 22 heavy (non-hydrogen) atoms. The van der Waals surface area contributed by atoms with E-state index in [2.05, 4.69) is 9.82 Å². The van der Waals surface area contributed by atoms with Crippen molar-refractivity contribution in [2.24, 2.45) is 7.05 Å². The molecule has 7 nitrogen and oxygen atoms in total. The molecule has 1 aromatic heterocycles. The van der Waals surface area contributed by atoms with Gasteiger partial charge in [0.15, 0.2) is 0 Å². The van der Waals surface area contributed by atoms with Crippen LogP contribution in [0, 0.1) is 20.8 Å². The predicted octanol–water partition coefficient (Wildman–Crippen LogP) is 1.84. The largest absolute Gasteiger partial charge is 0.478 e. The highest BCUT2D eigenvalue weighted by Gasteiger charge is 2.23. The van der Waals surface area contributed by atoms with E-state index in [9.17, 15) is 18.3 Å². The Labute approximate surface area is 128 Å². The summed E-state index contributed by atoms with van der Waals surface area (Å²) in [4.78, 5) is 11.3. The lowest BCUT2D eigenvalue weighted by Gasteiger charge is -2.12. The van der Waals surface area contributed by atoms with Gasteiger partial charge in [-0.3, -0.25) is 9.40 Å². The van der Waals surface area contributed by atoms with Gasteiger partial charge in [-0.1, -0.05) is 0 Å². The second kappa shape index (κ2) is 5.45. The lowest BCUT2D eigenvalue weighted by molar-refractivity contribution is 0.0698. The monoisotopic (exact) mass is 323 g/mol. The van der Waals surface area contributed by atoms with E-state index in [4.69, 9.17) is 0 Å². The van der Waals surface area contributed by atoms with E-state index in [0.717, 1.165) is 11.1 Å². The van der Waals surface area contributed by atoms with Gasteiger partial charge < -0.3 is 5.11 Å². The van der Waals surface area contributed by atoms with Gasteiger partial charge in [0.2, 0.25) is 0 Å². The van der Waals surface area contributed by atoms with Crippen LogP contribution < -0.4 is 4.72 Å². The number of hydrogen-bond donors (Lipinski definition) is 2. The molecule has 2 rings (SSSR count). The Bertz CT molecular complexity index is 853. The Morgan fingerprint density at radius 2 is 1.82 bits per heavy atom. The van der Waals surface area contributed by atoms with E-state index in [1.54, 1.807) is 27.8 Å². The summed E-state index contributed by atoms with van der Waals surface area (Å²) >= 11 is 0. The Balaban J connectivity index is 2.52. The second-order valence-corrected chi connectivity index (χ2v) is 6.76. The first kappa shape index (κ1) is 16.0. The van der Waals surface area contributed by atoms with E-state index in [-0.39, 0.29) is 16.1 Å². The van der Waals surface area contributed by atoms with Gasteiger partial charge in [0.05, 0.1) is 23.1 Å². The van der Waals surface area contributed by atoms with Crippen molar-refractivity contribution in [3.63, 3.8) is 0 Å². The summed E-state index contributed by atoms with van der Waals surface area (Å²) in [6, 6.07) is 2.97. The number of carboxylic acid groups (broad SMARTS) is 1. The SMILES string of the molecule is Cc1cc(NS(=O)(=O)c2cnn(C)c2C)c(C(=O)O)cc1C. The molecule has 1 heterocycles. The summed E-state index contributed by atoms with van der Waals surface area (Å²) in [5.41, 5.74) is 1.99. The molecule has 0 amide bonds. The van der Waals surface area contributed by atoms with Crippen LogP contribution in [0.4, 0.5) is 5.69 Å².